The van der Waals surface area contributed by atoms with Gasteiger partial charge >= 0.3 is 0 Å². The van der Waals surface area contributed by atoms with E-state index in [0.29, 0.717) is 22.7 Å². The summed E-state index contributed by atoms with van der Waals surface area (Å²) in [5.74, 6) is -0.788. The van der Waals surface area contributed by atoms with Gasteiger partial charge in [-0.1, -0.05) is 29.8 Å². The second kappa shape index (κ2) is 8.55. The molecular formula is C25H21FN2O4. The zero-order chi connectivity index (χ0) is 22.8. The first kappa shape index (κ1) is 21.1. The molecule has 3 aromatic rings. The SMILES string of the molecule is COc1ccc(C2=C(Nc3ccc(C)cc3)C(=O)N(c3cccc(F)c3)C2=O)cc1OC. The fourth-order valence-corrected chi connectivity index (χ4v) is 3.54. The molecule has 1 N–H and O–H groups in total. The normalized spacial score (nSPS) is 13.6. The quantitative estimate of drug-likeness (QED) is 0.579. The van der Waals surface area contributed by atoms with Crippen molar-refractivity contribution in [2.24, 2.45) is 0 Å². The molecule has 0 atom stereocenters. The minimum atomic E-state index is -0.578. The van der Waals surface area contributed by atoms with Gasteiger partial charge in [0.05, 0.1) is 25.5 Å². The van der Waals surface area contributed by atoms with E-state index < -0.39 is 17.6 Å². The van der Waals surface area contributed by atoms with Crippen LogP contribution in [0.3, 0.4) is 0 Å². The third-order valence-corrected chi connectivity index (χ3v) is 5.14. The number of anilines is 2. The van der Waals surface area contributed by atoms with Gasteiger partial charge in [0.1, 0.15) is 11.5 Å². The van der Waals surface area contributed by atoms with E-state index in [1.54, 1.807) is 18.2 Å². The number of carbonyl (C=O) groups is 2. The predicted octanol–water partition coefficient (Wildman–Crippen LogP) is 4.55. The molecule has 0 saturated carbocycles. The van der Waals surface area contributed by atoms with E-state index >= 15 is 0 Å². The lowest BCUT2D eigenvalue weighted by atomic mass is 10.0. The van der Waals surface area contributed by atoms with E-state index in [9.17, 15) is 14.0 Å². The second-order valence-electron chi connectivity index (χ2n) is 7.24. The maximum absolute atomic E-state index is 13.8. The highest BCUT2D eigenvalue weighted by molar-refractivity contribution is 6.46. The summed E-state index contributed by atoms with van der Waals surface area (Å²) in [6, 6.07) is 17.8. The van der Waals surface area contributed by atoms with Crippen molar-refractivity contribution in [3.63, 3.8) is 0 Å². The molecule has 0 bridgehead atoms. The Morgan fingerprint density at radius 3 is 2.22 bits per heavy atom. The minimum absolute atomic E-state index is 0.0929. The molecule has 0 aliphatic carbocycles. The average molecular weight is 432 g/mol. The van der Waals surface area contributed by atoms with Crippen molar-refractivity contribution in [1.82, 2.24) is 0 Å². The summed E-state index contributed by atoms with van der Waals surface area (Å²) in [4.78, 5) is 27.8. The van der Waals surface area contributed by atoms with Crippen LogP contribution in [-0.2, 0) is 9.59 Å². The van der Waals surface area contributed by atoms with Gasteiger partial charge in [-0.15, -0.1) is 0 Å². The Bertz CT molecular complexity index is 1230. The lowest BCUT2D eigenvalue weighted by molar-refractivity contribution is -0.120. The number of nitrogens with one attached hydrogen (secondary N) is 1. The highest BCUT2D eigenvalue weighted by Gasteiger charge is 2.40. The Morgan fingerprint density at radius 1 is 0.844 bits per heavy atom. The number of rotatable bonds is 6. The Balaban J connectivity index is 1.85. The number of nitrogens with zero attached hydrogens (tertiary/aromatic N) is 1. The molecule has 1 aliphatic rings. The molecule has 0 fully saturated rings. The number of halogens is 1. The predicted molar refractivity (Wildman–Crippen MR) is 120 cm³/mol. The van der Waals surface area contributed by atoms with E-state index in [1.807, 2.05) is 31.2 Å². The van der Waals surface area contributed by atoms with Crippen LogP contribution in [0.25, 0.3) is 5.57 Å². The third-order valence-electron chi connectivity index (χ3n) is 5.14. The van der Waals surface area contributed by atoms with Gasteiger partial charge in [-0.25, -0.2) is 9.29 Å². The standard InChI is InChI=1S/C25H21FN2O4/c1-15-7-10-18(11-8-15)27-23-22(16-9-12-20(31-2)21(13-16)32-3)24(29)28(25(23)30)19-6-4-5-17(26)14-19/h4-14,27H,1-3H3. The number of carbonyl (C=O) groups excluding carboxylic acids is 2. The summed E-state index contributed by atoms with van der Waals surface area (Å²) < 4.78 is 24.5. The van der Waals surface area contributed by atoms with Crippen molar-refractivity contribution in [2.45, 2.75) is 6.92 Å². The second-order valence-corrected chi connectivity index (χ2v) is 7.24. The van der Waals surface area contributed by atoms with Crippen LogP contribution in [0.15, 0.2) is 72.4 Å². The molecule has 3 aromatic carbocycles. The largest absolute Gasteiger partial charge is 0.493 e. The van der Waals surface area contributed by atoms with Gasteiger partial charge in [-0.2, -0.15) is 0 Å². The topological polar surface area (TPSA) is 67.9 Å². The number of hydrogen-bond donors (Lipinski definition) is 1. The van der Waals surface area contributed by atoms with Gasteiger partial charge < -0.3 is 14.8 Å². The van der Waals surface area contributed by atoms with Crippen LogP contribution < -0.4 is 19.7 Å². The fourth-order valence-electron chi connectivity index (χ4n) is 3.54. The summed E-state index contributed by atoms with van der Waals surface area (Å²) in [5.41, 5.74) is 2.56. The maximum Gasteiger partial charge on any atom is 0.282 e. The lowest BCUT2D eigenvalue weighted by Gasteiger charge is -2.15. The summed E-state index contributed by atoms with van der Waals surface area (Å²) in [5, 5.41) is 3.08. The molecule has 0 spiro atoms. The molecule has 2 amide bonds. The molecule has 4 rings (SSSR count). The monoisotopic (exact) mass is 432 g/mol. The van der Waals surface area contributed by atoms with Crippen LogP contribution >= 0.6 is 0 Å². The molecule has 7 heteroatoms. The van der Waals surface area contributed by atoms with Crippen molar-refractivity contribution in [3.8, 4) is 11.5 Å². The zero-order valence-electron chi connectivity index (χ0n) is 17.8. The molecule has 1 aliphatic heterocycles. The molecule has 0 aromatic heterocycles. The van der Waals surface area contributed by atoms with Crippen LogP contribution in [-0.4, -0.2) is 26.0 Å². The number of benzene rings is 3. The van der Waals surface area contributed by atoms with Gasteiger partial charge in [0.15, 0.2) is 11.5 Å². The molecule has 0 saturated heterocycles. The zero-order valence-corrected chi connectivity index (χ0v) is 17.8. The van der Waals surface area contributed by atoms with Crippen molar-refractivity contribution in [3.05, 3.63) is 89.4 Å². The number of amides is 2. The summed E-state index contributed by atoms with van der Waals surface area (Å²) in [6.45, 7) is 1.95. The molecule has 32 heavy (non-hydrogen) atoms. The lowest BCUT2D eigenvalue weighted by Crippen LogP contribution is -2.32. The van der Waals surface area contributed by atoms with Gasteiger partial charge in [0.2, 0.25) is 0 Å². The molecule has 0 radical (unpaired) electrons. The Hall–Kier alpha value is -4.13. The Labute approximate surface area is 184 Å². The van der Waals surface area contributed by atoms with Crippen LogP contribution in [0.5, 0.6) is 11.5 Å². The highest BCUT2D eigenvalue weighted by Crippen LogP contribution is 2.37. The van der Waals surface area contributed by atoms with Crippen molar-refractivity contribution in [2.75, 3.05) is 24.4 Å². The fraction of sp³-hybridized carbons (Fsp3) is 0.120. The van der Waals surface area contributed by atoms with Gasteiger partial charge in [0.25, 0.3) is 11.8 Å². The molecular weight excluding hydrogens is 411 g/mol. The first-order valence-electron chi connectivity index (χ1n) is 9.87. The maximum atomic E-state index is 13.8. The van der Waals surface area contributed by atoms with Crippen LogP contribution in [0.1, 0.15) is 11.1 Å². The van der Waals surface area contributed by atoms with Crippen molar-refractivity contribution >= 4 is 28.8 Å². The molecule has 0 unspecified atom stereocenters. The summed E-state index contributed by atoms with van der Waals surface area (Å²) in [7, 11) is 3.00. The Kier molecular flexibility index (Phi) is 5.64. The van der Waals surface area contributed by atoms with E-state index in [0.717, 1.165) is 16.5 Å². The average Bonchev–Trinajstić information content (AvgIpc) is 3.04. The Morgan fingerprint density at radius 2 is 1.56 bits per heavy atom. The number of ether oxygens (including phenoxy) is 2. The van der Waals surface area contributed by atoms with Crippen LogP contribution in [0, 0.1) is 12.7 Å². The third kappa shape index (κ3) is 3.80. The number of imide groups is 1. The number of aryl methyl sites for hydroxylation is 1. The smallest absolute Gasteiger partial charge is 0.282 e. The van der Waals surface area contributed by atoms with Gasteiger partial charge in [-0.3, -0.25) is 9.59 Å². The summed E-state index contributed by atoms with van der Waals surface area (Å²) in [6.07, 6.45) is 0. The van der Waals surface area contributed by atoms with Crippen LogP contribution in [0.4, 0.5) is 15.8 Å². The van der Waals surface area contributed by atoms with Gasteiger partial charge in [-0.05, 0) is 55.0 Å². The van der Waals surface area contributed by atoms with Crippen molar-refractivity contribution in [1.29, 1.82) is 0 Å². The number of hydrogen-bond acceptors (Lipinski definition) is 5. The molecule has 6 nitrogen and oxygen atoms in total. The minimum Gasteiger partial charge on any atom is -0.493 e. The molecule has 1 heterocycles. The first-order valence-corrected chi connectivity index (χ1v) is 9.87. The van der Waals surface area contributed by atoms with E-state index in [4.69, 9.17) is 9.47 Å². The molecule has 162 valence electrons. The highest BCUT2D eigenvalue weighted by atomic mass is 19.1. The van der Waals surface area contributed by atoms with Gasteiger partial charge in [0, 0.05) is 5.69 Å². The van der Waals surface area contributed by atoms with Crippen molar-refractivity contribution < 1.29 is 23.5 Å². The first-order chi connectivity index (χ1) is 15.4. The summed E-state index contributed by atoms with van der Waals surface area (Å²) >= 11 is 0. The van der Waals surface area contributed by atoms with E-state index in [1.165, 1.54) is 32.4 Å². The van der Waals surface area contributed by atoms with E-state index in [-0.39, 0.29) is 17.0 Å². The number of methoxy groups -OCH3 is 2. The van der Waals surface area contributed by atoms with E-state index in [2.05, 4.69) is 5.32 Å². The van der Waals surface area contributed by atoms with Crippen LogP contribution in [0.2, 0.25) is 0 Å².